The van der Waals surface area contributed by atoms with Gasteiger partial charge in [-0.25, -0.2) is 0 Å². The van der Waals surface area contributed by atoms with Gasteiger partial charge in [0.05, 0.1) is 0 Å². The number of nitrogens with two attached hydrogens (primary N) is 1. The van der Waals surface area contributed by atoms with Crippen LogP contribution in [0.4, 0.5) is 11.4 Å². The lowest BCUT2D eigenvalue weighted by molar-refractivity contribution is -0.134. The Labute approximate surface area is 140 Å². The second-order valence-electron chi connectivity index (χ2n) is 8.24. The highest BCUT2D eigenvalue weighted by Crippen LogP contribution is 2.32. The number of benzene rings is 1. The third kappa shape index (κ3) is 5.45. The minimum absolute atomic E-state index is 0.0129. The van der Waals surface area contributed by atoms with Gasteiger partial charge in [0.1, 0.15) is 0 Å². The van der Waals surface area contributed by atoms with Crippen molar-refractivity contribution in [2.75, 3.05) is 31.3 Å². The summed E-state index contributed by atoms with van der Waals surface area (Å²) in [5, 5.41) is 0. The third-order valence-electron chi connectivity index (χ3n) is 4.16. The Morgan fingerprint density at radius 3 is 2.43 bits per heavy atom. The highest BCUT2D eigenvalue weighted by atomic mass is 16.2. The molecule has 4 heteroatoms. The van der Waals surface area contributed by atoms with Gasteiger partial charge in [-0.3, -0.25) is 4.79 Å². The normalized spacial score (nSPS) is 14.7. The van der Waals surface area contributed by atoms with Crippen LogP contribution in [-0.2, 0) is 11.3 Å². The van der Waals surface area contributed by atoms with Crippen molar-refractivity contribution in [2.45, 2.75) is 46.6 Å². The molecule has 0 aliphatic heterocycles. The predicted octanol–water partition coefficient (Wildman–Crippen LogP) is 3.51. The molecule has 0 radical (unpaired) electrons. The van der Waals surface area contributed by atoms with E-state index in [1.54, 1.807) is 0 Å². The quantitative estimate of drug-likeness (QED) is 0.817. The maximum atomic E-state index is 12.8. The number of nitrogen functional groups attached to an aromatic ring is 1. The van der Waals surface area contributed by atoms with Gasteiger partial charge in [0.15, 0.2) is 0 Å². The first-order valence-electron chi connectivity index (χ1n) is 8.49. The van der Waals surface area contributed by atoms with E-state index in [0.29, 0.717) is 18.9 Å². The largest absolute Gasteiger partial charge is 0.399 e. The van der Waals surface area contributed by atoms with Crippen LogP contribution in [0.2, 0.25) is 0 Å². The number of carbonyl (C=O) groups is 1. The second-order valence-corrected chi connectivity index (χ2v) is 8.24. The van der Waals surface area contributed by atoms with E-state index >= 15 is 0 Å². The van der Waals surface area contributed by atoms with E-state index < -0.39 is 0 Å². The minimum Gasteiger partial charge on any atom is -0.399 e. The zero-order valence-electron chi connectivity index (χ0n) is 15.2. The Hall–Kier alpha value is -1.71. The summed E-state index contributed by atoms with van der Waals surface area (Å²) in [4.78, 5) is 16.9. The van der Waals surface area contributed by atoms with Crippen molar-refractivity contribution >= 4 is 17.3 Å². The topological polar surface area (TPSA) is 49.6 Å². The highest BCUT2D eigenvalue weighted by Gasteiger charge is 2.29. The van der Waals surface area contributed by atoms with Gasteiger partial charge in [0, 0.05) is 45.0 Å². The van der Waals surface area contributed by atoms with Crippen LogP contribution >= 0.6 is 0 Å². The predicted molar refractivity (Wildman–Crippen MR) is 97.4 cm³/mol. The third-order valence-corrected chi connectivity index (χ3v) is 4.16. The van der Waals surface area contributed by atoms with Crippen LogP contribution in [-0.4, -0.2) is 31.4 Å². The fraction of sp³-hybridized carbons (Fsp3) is 0.632. The van der Waals surface area contributed by atoms with Crippen molar-refractivity contribution in [3.05, 3.63) is 23.8 Å². The van der Waals surface area contributed by atoms with Gasteiger partial charge in [-0.05, 0) is 47.9 Å². The summed E-state index contributed by atoms with van der Waals surface area (Å²) < 4.78 is 0. The molecular weight excluding hydrogens is 286 g/mol. The molecule has 1 fully saturated rings. The fourth-order valence-corrected chi connectivity index (χ4v) is 2.81. The molecule has 4 nitrogen and oxygen atoms in total. The van der Waals surface area contributed by atoms with Gasteiger partial charge in [0.25, 0.3) is 0 Å². The van der Waals surface area contributed by atoms with E-state index in [1.165, 1.54) is 12.8 Å². The monoisotopic (exact) mass is 317 g/mol. The van der Waals surface area contributed by atoms with Gasteiger partial charge in [-0.15, -0.1) is 0 Å². The number of hydrogen-bond acceptors (Lipinski definition) is 3. The zero-order valence-corrected chi connectivity index (χ0v) is 15.2. The van der Waals surface area contributed by atoms with Crippen molar-refractivity contribution in [3.63, 3.8) is 0 Å². The Morgan fingerprint density at radius 2 is 1.91 bits per heavy atom. The summed E-state index contributed by atoms with van der Waals surface area (Å²) in [5.74, 6) is 0.930. The molecular formula is C19H31N3O. The second kappa shape index (κ2) is 6.81. The van der Waals surface area contributed by atoms with Crippen LogP contribution in [0.3, 0.4) is 0 Å². The summed E-state index contributed by atoms with van der Waals surface area (Å²) in [6.45, 7) is 7.87. The first kappa shape index (κ1) is 17.6. The van der Waals surface area contributed by atoms with Gasteiger partial charge >= 0.3 is 0 Å². The van der Waals surface area contributed by atoms with E-state index in [9.17, 15) is 4.79 Å². The fourth-order valence-electron chi connectivity index (χ4n) is 2.81. The lowest BCUT2D eigenvalue weighted by atomic mass is 9.91. The Morgan fingerprint density at radius 1 is 1.26 bits per heavy atom. The van der Waals surface area contributed by atoms with E-state index in [-0.39, 0.29) is 11.3 Å². The zero-order chi connectivity index (χ0) is 17.2. The smallest absolute Gasteiger partial charge is 0.223 e. The van der Waals surface area contributed by atoms with E-state index in [4.69, 9.17) is 5.73 Å². The molecule has 1 amide bonds. The molecule has 1 aliphatic rings. The Balaban J connectivity index is 2.20. The molecule has 2 N–H and O–H groups in total. The van der Waals surface area contributed by atoms with Crippen molar-refractivity contribution in [1.29, 1.82) is 0 Å². The number of anilines is 2. The van der Waals surface area contributed by atoms with Crippen LogP contribution in [0, 0.1) is 11.3 Å². The van der Waals surface area contributed by atoms with Crippen molar-refractivity contribution in [1.82, 2.24) is 4.90 Å². The molecule has 1 aromatic carbocycles. The summed E-state index contributed by atoms with van der Waals surface area (Å²) >= 11 is 0. The van der Waals surface area contributed by atoms with Gasteiger partial charge in [-0.2, -0.15) is 0 Å². The maximum Gasteiger partial charge on any atom is 0.223 e. The summed E-state index contributed by atoms with van der Waals surface area (Å²) in [7, 11) is 4.05. The SMILES string of the molecule is CN(C)c1ccc(N)cc1CN(CC1CC1)C(=O)CC(C)(C)C. The molecule has 0 saturated heterocycles. The minimum atomic E-state index is 0.0129. The number of carbonyl (C=O) groups excluding carboxylic acids is 1. The Bertz CT molecular complexity index is 556. The van der Waals surface area contributed by atoms with Crippen LogP contribution in [0.25, 0.3) is 0 Å². The van der Waals surface area contributed by atoms with Crippen LogP contribution in [0.5, 0.6) is 0 Å². The van der Waals surface area contributed by atoms with Gasteiger partial charge in [0.2, 0.25) is 5.91 Å². The molecule has 1 aliphatic carbocycles. The molecule has 0 aromatic heterocycles. The molecule has 0 spiro atoms. The molecule has 1 saturated carbocycles. The lowest BCUT2D eigenvalue weighted by Crippen LogP contribution is -2.35. The summed E-state index contributed by atoms with van der Waals surface area (Å²) in [5.41, 5.74) is 8.99. The number of rotatable bonds is 6. The molecule has 0 bridgehead atoms. The summed E-state index contributed by atoms with van der Waals surface area (Å²) in [6.07, 6.45) is 3.08. The first-order chi connectivity index (χ1) is 10.7. The van der Waals surface area contributed by atoms with Crippen molar-refractivity contribution in [3.8, 4) is 0 Å². The van der Waals surface area contributed by atoms with Crippen LogP contribution in [0.15, 0.2) is 18.2 Å². The Kier molecular flexibility index (Phi) is 5.23. The number of nitrogens with zero attached hydrogens (tertiary/aromatic N) is 2. The molecule has 0 atom stereocenters. The molecule has 128 valence electrons. The van der Waals surface area contributed by atoms with E-state index in [2.05, 4.69) is 25.7 Å². The van der Waals surface area contributed by atoms with Crippen molar-refractivity contribution < 1.29 is 4.79 Å². The molecule has 0 heterocycles. The van der Waals surface area contributed by atoms with Gasteiger partial charge < -0.3 is 15.5 Å². The average Bonchev–Trinajstić information content (AvgIpc) is 3.19. The molecule has 23 heavy (non-hydrogen) atoms. The average molecular weight is 317 g/mol. The lowest BCUT2D eigenvalue weighted by Gasteiger charge is -2.29. The van der Waals surface area contributed by atoms with Crippen molar-refractivity contribution in [2.24, 2.45) is 11.3 Å². The van der Waals surface area contributed by atoms with Crippen LogP contribution in [0.1, 0.15) is 45.6 Å². The summed E-state index contributed by atoms with van der Waals surface area (Å²) in [6, 6.07) is 5.95. The van der Waals surface area contributed by atoms with E-state index in [1.807, 2.05) is 37.2 Å². The molecule has 1 aromatic rings. The molecule has 2 rings (SSSR count). The maximum absolute atomic E-state index is 12.8. The standard InChI is InChI=1S/C19H31N3O/c1-19(2,3)11-18(23)22(12-14-6-7-14)13-15-10-16(20)8-9-17(15)21(4)5/h8-10,14H,6-7,11-13,20H2,1-5H3. The first-order valence-corrected chi connectivity index (χ1v) is 8.49. The van der Waals surface area contributed by atoms with Gasteiger partial charge in [-0.1, -0.05) is 20.8 Å². The van der Waals surface area contributed by atoms with E-state index in [0.717, 1.165) is 23.5 Å². The molecule has 0 unspecified atom stereocenters. The number of amides is 1. The van der Waals surface area contributed by atoms with Crippen LogP contribution < -0.4 is 10.6 Å². The highest BCUT2D eigenvalue weighted by molar-refractivity contribution is 5.77. The number of hydrogen-bond donors (Lipinski definition) is 1.